The SMILES string of the molecule is CCC(C)(CC)C1CCC(OC(C)C)CC1. The second kappa shape index (κ2) is 6.05. The van der Waals surface area contributed by atoms with E-state index in [1.54, 1.807) is 0 Å². The lowest BCUT2D eigenvalue weighted by atomic mass is 9.66. The van der Waals surface area contributed by atoms with Crippen molar-refractivity contribution < 1.29 is 4.74 Å². The van der Waals surface area contributed by atoms with Crippen molar-refractivity contribution in [3.63, 3.8) is 0 Å². The lowest BCUT2D eigenvalue weighted by Crippen LogP contribution is -2.33. The van der Waals surface area contributed by atoms with Gasteiger partial charge in [-0.3, -0.25) is 0 Å². The van der Waals surface area contributed by atoms with Gasteiger partial charge in [-0.1, -0.05) is 33.6 Å². The highest BCUT2D eigenvalue weighted by atomic mass is 16.5. The Balaban J connectivity index is 2.42. The minimum Gasteiger partial charge on any atom is -0.376 e. The van der Waals surface area contributed by atoms with E-state index in [9.17, 15) is 0 Å². The largest absolute Gasteiger partial charge is 0.376 e. The van der Waals surface area contributed by atoms with Crippen LogP contribution in [-0.2, 0) is 4.74 Å². The van der Waals surface area contributed by atoms with Crippen LogP contribution in [0.5, 0.6) is 0 Å². The summed E-state index contributed by atoms with van der Waals surface area (Å²) in [4.78, 5) is 0. The molecule has 0 heterocycles. The average Bonchev–Trinajstić information content (AvgIpc) is 2.28. The molecule has 1 aliphatic rings. The lowest BCUT2D eigenvalue weighted by molar-refractivity contribution is -0.0337. The zero-order chi connectivity index (χ0) is 12.2. The van der Waals surface area contributed by atoms with Crippen molar-refractivity contribution in [1.29, 1.82) is 0 Å². The maximum atomic E-state index is 5.92. The highest BCUT2D eigenvalue weighted by molar-refractivity contribution is 4.85. The molecule has 0 aliphatic heterocycles. The fourth-order valence-electron chi connectivity index (χ4n) is 3.11. The first-order valence-electron chi connectivity index (χ1n) is 7.17. The van der Waals surface area contributed by atoms with Crippen molar-refractivity contribution >= 4 is 0 Å². The second-order valence-corrected chi connectivity index (χ2v) is 6.02. The van der Waals surface area contributed by atoms with Gasteiger partial charge in [0.1, 0.15) is 0 Å². The number of rotatable bonds is 5. The van der Waals surface area contributed by atoms with Crippen molar-refractivity contribution in [1.82, 2.24) is 0 Å². The van der Waals surface area contributed by atoms with Crippen LogP contribution >= 0.6 is 0 Å². The molecular weight excluding hydrogens is 196 g/mol. The summed E-state index contributed by atoms with van der Waals surface area (Å²) < 4.78 is 5.92. The van der Waals surface area contributed by atoms with Gasteiger partial charge in [0.15, 0.2) is 0 Å². The average molecular weight is 226 g/mol. The van der Waals surface area contributed by atoms with Gasteiger partial charge in [-0.2, -0.15) is 0 Å². The summed E-state index contributed by atoms with van der Waals surface area (Å²) in [5, 5.41) is 0. The van der Waals surface area contributed by atoms with Crippen LogP contribution < -0.4 is 0 Å². The number of hydrogen-bond acceptors (Lipinski definition) is 1. The zero-order valence-corrected chi connectivity index (χ0v) is 11.9. The molecule has 0 saturated heterocycles. The molecular formula is C15H30O. The highest BCUT2D eigenvalue weighted by Crippen LogP contribution is 2.43. The molecule has 1 saturated carbocycles. The van der Waals surface area contributed by atoms with Gasteiger partial charge in [0.2, 0.25) is 0 Å². The normalized spacial score (nSPS) is 27.4. The van der Waals surface area contributed by atoms with E-state index in [4.69, 9.17) is 4.74 Å². The van der Waals surface area contributed by atoms with E-state index < -0.39 is 0 Å². The van der Waals surface area contributed by atoms with Crippen molar-refractivity contribution in [3.8, 4) is 0 Å². The summed E-state index contributed by atoms with van der Waals surface area (Å²) in [5.74, 6) is 0.925. The molecule has 0 amide bonds. The van der Waals surface area contributed by atoms with Crippen molar-refractivity contribution in [2.45, 2.75) is 85.4 Å². The Morgan fingerprint density at radius 3 is 1.94 bits per heavy atom. The molecule has 0 N–H and O–H groups in total. The van der Waals surface area contributed by atoms with Gasteiger partial charge in [-0.25, -0.2) is 0 Å². The Morgan fingerprint density at radius 2 is 1.56 bits per heavy atom. The van der Waals surface area contributed by atoms with Crippen molar-refractivity contribution in [3.05, 3.63) is 0 Å². The summed E-state index contributed by atoms with van der Waals surface area (Å²) in [6.07, 6.45) is 8.87. The Morgan fingerprint density at radius 1 is 1.06 bits per heavy atom. The minimum atomic E-state index is 0.394. The molecule has 0 aromatic carbocycles. The van der Waals surface area contributed by atoms with Gasteiger partial charge in [0.05, 0.1) is 12.2 Å². The molecule has 1 nitrogen and oxygen atoms in total. The van der Waals surface area contributed by atoms with Gasteiger partial charge >= 0.3 is 0 Å². The third-order valence-electron chi connectivity index (χ3n) is 4.74. The first-order chi connectivity index (χ1) is 7.51. The minimum absolute atomic E-state index is 0.394. The Bertz CT molecular complexity index is 186. The van der Waals surface area contributed by atoms with Crippen molar-refractivity contribution in [2.24, 2.45) is 11.3 Å². The van der Waals surface area contributed by atoms with Crippen LogP contribution in [0.25, 0.3) is 0 Å². The van der Waals surface area contributed by atoms with Gasteiger partial charge in [0, 0.05) is 0 Å². The summed E-state index contributed by atoms with van der Waals surface area (Å²) in [5.41, 5.74) is 0.572. The fraction of sp³-hybridized carbons (Fsp3) is 1.00. The molecule has 0 spiro atoms. The smallest absolute Gasteiger partial charge is 0.0578 e. The van der Waals surface area contributed by atoms with Gasteiger partial charge in [-0.15, -0.1) is 0 Å². The Hall–Kier alpha value is -0.0400. The topological polar surface area (TPSA) is 9.23 Å². The molecule has 1 fully saturated rings. The molecule has 0 atom stereocenters. The first-order valence-corrected chi connectivity index (χ1v) is 7.17. The van der Waals surface area contributed by atoms with E-state index in [0.29, 0.717) is 17.6 Å². The quantitative estimate of drug-likeness (QED) is 0.654. The first kappa shape index (κ1) is 14.0. The molecule has 0 bridgehead atoms. The molecule has 16 heavy (non-hydrogen) atoms. The van der Waals surface area contributed by atoms with Crippen LogP contribution in [0.1, 0.15) is 73.1 Å². The molecule has 0 aromatic rings. The number of hydrogen-bond donors (Lipinski definition) is 0. The molecule has 0 radical (unpaired) electrons. The summed E-state index contributed by atoms with van der Waals surface area (Å²) in [6.45, 7) is 11.5. The lowest BCUT2D eigenvalue weighted by Gasteiger charge is -2.41. The van der Waals surface area contributed by atoms with E-state index in [1.165, 1.54) is 38.5 Å². The zero-order valence-electron chi connectivity index (χ0n) is 11.9. The van der Waals surface area contributed by atoms with E-state index in [-0.39, 0.29) is 0 Å². The van der Waals surface area contributed by atoms with E-state index in [2.05, 4.69) is 34.6 Å². The van der Waals surface area contributed by atoms with Crippen LogP contribution in [0.2, 0.25) is 0 Å². The van der Waals surface area contributed by atoms with Gasteiger partial charge < -0.3 is 4.74 Å². The van der Waals surface area contributed by atoms with Crippen molar-refractivity contribution in [2.75, 3.05) is 0 Å². The van der Waals surface area contributed by atoms with Crippen LogP contribution in [0.4, 0.5) is 0 Å². The summed E-state index contributed by atoms with van der Waals surface area (Å²) in [6, 6.07) is 0. The summed E-state index contributed by atoms with van der Waals surface area (Å²) >= 11 is 0. The van der Waals surface area contributed by atoms with Crippen LogP contribution in [0, 0.1) is 11.3 Å². The predicted octanol–water partition coefficient (Wildman–Crippen LogP) is 4.80. The second-order valence-electron chi connectivity index (χ2n) is 6.02. The summed E-state index contributed by atoms with van der Waals surface area (Å²) in [7, 11) is 0. The molecule has 1 aliphatic carbocycles. The molecule has 1 rings (SSSR count). The maximum Gasteiger partial charge on any atom is 0.0578 e. The fourth-order valence-corrected chi connectivity index (χ4v) is 3.11. The van der Waals surface area contributed by atoms with Gasteiger partial charge in [-0.05, 0) is 50.9 Å². The van der Waals surface area contributed by atoms with Crippen LogP contribution in [0.15, 0.2) is 0 Å². The van der Waals surface area contributed by atoms with E-state index in [0.717, 1.165) is 5.92 Å². The molecule has 96 valence electrons. The molecule has 0 unspecified atom stereocenters. The maximum absolute atomic E-state index is 5.92. The van der Waals surface area contributed by atoms with Crippen LogP contribution in [0.3, 0.4) is 0 Å². The number of ether oxygens (including phenoxy) is 1. The standard InChI is InChI=1S/C15H30O/c1-6-15(5,7-2)13-8-10-14(11-9-13)16-12(3)4/h12-14H,6-11H2,1-5H3. The third-order valence-corrected chi connectivity index (χ3v) is 4.74. The highest BCUT2D eigenvalue weighted by Gasteiger charge is 2.34. The monoisotopic (exact) mass is 226 g/mol. The van der Waals surface area contributed by atoms with E-state index in [1.807, 2.05) is 0 Å². The molecule has 0 aromatic heterocycles. The predicted molar refractivity (Wildman–Crippen MR) is 70.7 cm³/mol. The van der Waals surface area contributed by atoms with E-state index >= 15 is 0 Å². The Kier molecular flexibility index (Phi) is 5.30. The third kappa shape index (κ3) is 3.48. The van der Waals surface area contributed by atoms with Gasteiger partial charge in [0.25, 0.3) is 0 Å². The Labute approximate surface area is 102 Å². The molecule has 1 heteroatoms. The van der Waals surface area contributed by atoms with Crippen LogP contribution in [-0.4, -0.2) is 12.2 Å².